The standard InChI is InChI=1S/C24H11N3O3/c25-12-15(13-26)21-17-8-4-5-9-18(17)22(28)19(21)10-16-11-20-24(29-16)27-23(30-20)14-6-2-1-3-7-14/h1-11H/b19-10-. The molecule has 0 spiro atoms. The molecule has 0 saturated heterocycles. The lowest BCUT2D eigenvalue weighted by molar-refractivity contribution is 0.104. The van der Waals surface area contributed by atoms with Gasteiger partial charge in [0.25, 0.3) is 5.71 Å². The maximum Gasteiger partial charge on any atom is 0.266 e. The summed E-state index contributed by atoms with van der Waals surface area (Å²) in [6.07, 6.45) is 1.52. The van der Waals surface area contributed by atoms with Crippen molar-refractivity contribution in [1.82, 2.24) is 4.98 Å². The van der Waals surface area contributed by atoms with E-state index in [0.717, 1.165) is 5.56 Å². The maximum atomic E-state index is 12.9. The first-order chi connectivity index (χ1) is 14.7. The molecule has 2 heterocycles. The largest absolute Gasteiger partial charge is 0.436 e. The third kappa shape index (κ3) is 2.64. The number of carbonyl (C=O) groups excluding carboxylic acids is 1. The van der Waals surface area contributed by atoms with Crippen molar-refractivity contribution in [2.75, 3.05) is 0 Å². The number of benzene rings is 2. The van der Waals surface area contributed by atoms with E-state index in [0.29, 0.717) is 39.6 Å². The lowest BCUT2D eigenvalue weighted by Crippen LogP contribution is -1.95. The number of rotatable bonds is 2. The van der Waals surface area contributed by atoms with E-state index in [1.165, 1.54) is 6.08 Å². The van der Waals surface area contributed by atoms with E-state index >= 15 is 0 Å². The summed E-state index contributed by atoms with van der Waals surface area (Å²) >= 11 is 0. The molecule has 5 rings (SSSR count). The number of hydrogen-bond acceptors (Lipinski definition) is 6. The summed E-state index contributed by atoms with van der Waals surface area (Å²) < 4.78 is 11.5. The molecule has 0 atom stereocenters. The highest BCUT2D eigenvalue weighted by molar-refractivity contribution is 6.29. The second-order valence-electron chi connectivity index (χ2n) is 6.61. The van der Waals surface area contributed by atoms with Gasteiger partial charge in [0.05, 0.1) is 0 Å². The number of hydrogen-bond donors (Lipinski definition) is 0. The summed E-state index contributed by atoms with van der Waals surface area (Å²) in [6.45, 7) is 0. The van der Waals surface area contributed by atoms with Crippen LogP contribution in [-0.2, 0) is 0 Å². The predicted octanol–water partition coefficient (Wildman–Crippen LogP) is 5.17. The molecule has 6 heteroatoms. The topological polar surface area (TPSA) is 104 Å². The monoisotopic (exact) mass is 389 g/mol. The number of oxazole rings is 1. The molecule has 1 aliphatic rings. The molecular formula is C24H11N3O3. The van der Waals surface area contributed by atoms with Crippen LogP contribution in [0.4, 0.5) is 0 Å². The first-order valence-electron chi connectivity index (χ1n) is 9.06. The lowest BCUT2D eigenvalue weighted by atomic mass is 9.99. The van der Waals surface area contributed by atoms with Crippen LogP contribution in [0.3, 0.4) is 0 Å². The van der Waals surface area contributed by atoms with Gasteiger partial charge in [-0.25, -0.2) is 0 Å². The third-order valence-corrected chi connectivity index (χ3v) is 4.84. The van der Waals surface area contributed by atoms with E-state index in [1.807, 2.05) is 42.5 Å². The van der Waals surface area contributed by atoms with Crippen molar-refractivity contribution in [2.24, 2.45) is 0 Å². The number of ketones is 1. The van der Waals surface area contributed by atoms with Gasteiger partial charge in [-0.05, 0) is 23.8 Å². The van der Waals surface area contributed by atoms with Crippen molar-refractivity contribution in [3.8, 4) is 23.6 Å². The quantitative estimate of drug-likeness (QED) is 0.346. The Balaban J connectivity index is 1.62. The van der Waals surface area contributed by atoms with Gasteiger partial charge < -0.3 is 8.83 Å². The maximum absolute atomic E-state index is 12.9. The molecule has 0 radical (unpaired) electrons. The minimum absolute atomic E-state index is 0.126. The van der Waals surface area contributed by atoms with Crippen LogP contribution in [0.5, 0.6) is 0 Å². The number of Topliss-reactive ketones (excluding diaryl/α,β-unsaturated/α-hetero) is 1. The van der Waals surface area contributed by atoms with Crippen molar-refractivity contribution in [1.29, 1.82) is 10.5 Å². The molecule has 0 unspecified atom stereocenters. The van der Waals surface area contributed by atoms with E-state index in [2.05, 4.69) is 4.98 Å². The van der Waals surface area contributed by atoms with Crippen LogP contribution >= 0.6 is 0 Å². The molecule has 140 valence electrons. The van der Waals surface area contributed by atoms with Gasteiger partial charge in [-0.15, -0.1) is 0 Å². The first-order valence-corrected chi connectivity index (χ1v) is 9.06. The molecule has 0 aliphatic heterocycles. The van der Waals surface area contributed by atoms with E-state index in [1.54, 1.807) is 30.3 Å². The Bertz CT molecular complexity index is 1420. The Hall–Kier alpha value is -4.68. The predicted molar refractivity (Wildman–Crippen MR) is 109 cm³/mol. The first kappa shape index (κ1) is 17.4. The second-order valence-corrected chi connectivity index (χ2v) is 6.61. The molecule has 0 fully saturated rings. The van der Waals surface area contributed by atoms with E-state index in [9.17, 15) is 15.3 Å². The molecular weight excluding hydrogens is 378 g/mol. The summed E-state index contributed by atoms with van der Waals surface area (Å²) in [6, 6.07) is 21.7. The minimum Gasteiger partial charge on any atom is -0.436 e. The number of fused-ring (bicyclic) bond motifs is 2. The number of furan rings is 1. The summed E-state index contributed by atoms with van der Waals surface area (Å²) in [5.41, 5.74) is 2.99. The molecule has 4 aromatic rings. The van der Waals surface area contributed by atoms with Gasteiger partial charge in [0, 0.05) is 28.3 Å². The summed E-state index contributed by atoms with van der Waals surface area (Å²) in [7, 11) is 0. The third-order valence-electron chi connectivity index (χ3n) is 4.84. The smallest absolute Gasteiger partial charge is 0.266 e. The summed E-state index contributed by atoms with van der Waals surface area (Å²) in [5, 5.41) is 18.8. The zero-order valence-corrected chi connectivity index (χ0v) is 15.4. The number of carbonyl (C=O) groups is 1. The Morgan fingerprint density at radius 1 is 0.933 bits per heavy atom. The van der Waals surface area contributed by atoms with Crippen LogP contribution in [0.1, 0.15) is 21.7 Å². The number of nitrogens with zero attached hydrogens (tertiary/aromatic N) is 3. The van der Waals surface area contributed by atoms with E-state index in [4.69, 9.17) is 8.83 Å². The second kappa shape index (κ2) is 6.73. The molecule has 2 aromatic carbocycles. The van der Waals surface area contributed by atoms with Gasteiger partial charge in [0.2, 0.25) is 5.89 Å². The van der Waals surface area contributed by atoms with Gasteiger partial charge in [-0.2, -0.15) is 15.5 Å². The number of allylic oxidation sites excluding steroid dienone is 3. The molecule has 30 heavy (non-hydrogen) atoms. The Morgan fingerprint density at radius 3 is 2.33 bits per heavy atom. The molecule has 0 N–H and O–H groups in total. The van der Waals surface area contributed by atoms with Crippen molar-refractivity contribution in [3.05, 3.63) is 88.7 Å². The summed E-state index contributed by atoms with van der Waals surface area (Å²) in [5.74, 6) is 0.513. The van der Waals surface area contributed by atoms with Crippen molar-refractivity contribution in [3.63, 3.8) is 0 Å². The minimum atomic E-state index is -0.269. The van der Waals surface area contributed by atoms with Crippen molar-refractivity contribution in [2.45, 2.75) is 0 Å². The van der Waals surface area contributed by atoms with Gasteiger partial charge in [0.1, 0.15) is 23.5 Å². The average Bonchev–Trinajstić information content (AvgIpc) is 3.42. The highest BCUT2D eigenvalue weighted by atomic mass is 16.4. The fourth-order valence-corrected chi connectivity index (χ4v) is 3.52. The van der Waals surface area contributed by atoms with Crippen molar-refractivity contribution < 1.29 is 13.6 Å². The van der Waals surface area contributed by atoms with Gasteiger partial charge in [0.15, 0.2) is 11.4 Å². The molecule has 6 nitrogen and oxygen atoms in total. The normalized spacial score (nSPS) is 14.0. The van der Waals surface area contributed by atoms with Crippen LogP contribution in [0.2, 0.25) is 0 Å². The number of nitriles is 2. The highest BCUT2D eigenvalue weighted by Crippen LogP contribution is 2.40. The molecule has 0 amide bonds. The highest BCUT2D eigenvalue weighted by Gasteiger charge is 2.32. The number of aromatic nitrogens is 1. The fourth-order valence-electron chi connectivity index (χ4n) is 3.52. The molecule has 2 aromatic heterocycles. The van der Waals surface area contributed by atoms with Crippen LogP contribution in [0.15, 0.2) is 80.6 Å². The van der Waals surface area contributed by atoms with E-state index in [-0.39, 0.29) is 16.9 Å². The molecule has 0 saturated carbocycles. The van der Waals surface area contributed by atoms with Crippen LogP contribution in [-0.4, -0.2) is 10.8 Å². The van der Waals surface area contributed by atoms with Crippen LogP contribution < -0.4 is 0 Å². The van der Waals surface area contributed by atoms with Gasteiger partial charge >= 0.3 is 0 Å². The molecule has 0 bridgehead atoms. The average molecular weight is 389 g/mol. The van der Waals surface area contributed by atoms with Crippen LogP contribution in [0.25, 0.3) is 34.4 Å². The summed E-state index contributed by atoms with van der Waals surface area (Å²) in [4.78, 5) is 17.3. The lowest BCUT2D eigenvalue weighted by Gasteiger charge is -2.00. The zero-order valence-electron chi connectivity index (χ0n) is 15.4. The van der Waals surface area contributed by atoms with Gasteiger partial charge in [-0.3, -0.25) is 4.79 Å². The van der Waals surface area contributed by atoms with E-state index < -0.39 is 0 Å². The SMILES string of the molecule is N#CC(C#N)=C1/C(=C/c2cc3oc(-c4ccccc4)nc3o2)C(=O)c2ccccc21. The Kier molecular flexibility index (Phi) is 3.91. The van der Waals surface area contributed by atoms with Gasteiger partial charge in [-0.1, -0.05) is 42.5 Å². The fraction of sp³-hybridized carbons (Fsp3) is 0. The zero-order chi connectivity index (χ0) is 20.7. The van der Waals surface area contributed by atoms with Crippen LogP contribution in [0, 0.1) is 22.7 Å². The Morgan fingerprint density at radius 2 is 1.63 bits per heavy atom. The molecule has 1 aliphatic carbocycles. The van der Waals surface area contributed by atoms with Crippen molar-refractivity contribution >= 4 is 28.7 Å². The Labute approximate surface area is 170 Å².